The Hall–Kier alpha value is -2.23. The minimum absolute atomic E-state index is 0.157. The first-order valence-corrected chi connectivity index (χ1v) is 6.79. The predicted octanol–water partition coefficient (Wildman–Crippen LogP) is 4.02. The Kier molecular flexibility index (Phi) is 4.68. The average molecular weight is 289 g/mol. The van der Waals surface area contributed by atoms with Crippen LogP contribution in [0.2, 0.25) is 0 Å². The molecule has 2 rings (SSSR count). The zero-order valence-corrected chi connectivity index (χ0v) is 12.0. The summed E-state index contributed by atoms with van der Waals surface area (Å²) in [5.41, 5.74) is 1.99. The van der Waals surface area contributed by atoms with E-state index in [2.05, 4.69) is 19.2 Å². The van der Waals surface area contributed by atoms with Crippen molar-refractivity contribution in [2.45, 2.75) is 26.3 Å². The molecule has 0 spiro atoms. The summed E-state index contributed by atoms with van der Waals surface area (Å²) in [6, 6.07) is 10.8. The smallest absolute Gasteiger partial charge is 0.254 e. The Morgan fingerprint density at radius 3 is 2.33 bits per heavy atom. The summed E-state index contributed by atoms with van der Waals surface area (Å²) in [5.74, 6) is -1.67. The van der Waals surface area contributed by atoms with Gasteiger partial charge in [0, 0.05) is 12.6 Å². The third kappa shape index (κ3) is 3.88. The molecule has 0 aromatic heterocycles. The fourth-order valence-electron chi connectivity index (χ4n) is 1.97. The number of hydrogen-bond acceptors (Lipinski definition) is 1. The highest BCUT2D eigenvalue weighted by Crippen LogP contribution is 2.15. The van der Waals surface area contributed by atoms with Crippen LogP contribution in [0.15, 0.2) is 42.5 Å². The summed E-state index contributed by atoms with van der Waals surface area (Å²) in [4.78, 5) is 11.9. The summed E-state index contributed by atoms with van der Waals surface area (Å²) in [6.45, 7) is 4.51. The first-order valence-electron chi connectivity index (χ1n) is 6.79. The molecule has 1 N–H and O–H groups in total. The first kappa shape index (κ1) is 15.2. The van der Waals surface area contributed by atoms with Gasteiger partial charge in [-0.2, -0.15) is 0 Å². The van der Waals surface area contributed by atoms with E-state index in [0.717, 1.165) is 17.7 Å². The quantitative estimate of drug-likeness (QED) is 0.905. The molecule has 0 bridgehead atoms. The van der Waals surface area contributed by atoms with E-state index in [9.17, 15) is 13.6 Å². The van der Waals surface area contributed by atoms with Crippen LogP contribution < -0.4 is 5.32 Å². The molecule has 0 aliphatic rings. The van der Waals surface area contributed by atoms with E-state index in [4.69, 9.17) is 0 Å². The van der Waals surface area contributed by atoms with Crippen LogP contribution in [-0.4, -0.2) is 5.91 Å². The Labute approximate surface area is 122 Å². The fourth-order valence-corrected chi connectivity index (χ4v) is 1.97. The zero-order valence-electron chi connectivity index (χ0n) is 12.0. The van der Waals surface area contributed by atoms with Crippen molar-refractivity contribution in [3.63, 3.8) is 0 Å². The van der Waals surface area contributed by atoms with Gasteiger partial charge in [0.25, 0.3) is 5.91 Å². The molecular formula is C17H17F2NO. The van der Waals surface area contributed by atoms with Crippen molar-refractivity contribution in [2.75, 3.05) is 0 Å². The predicted molar refractivity (Wildman–Crippen MR) is 78.1 cm³/mol. The Balaban J connectivity index is 2.00. The van der Waals surface area contributed by atoms with Crippen LogP contribution in [0.1, 0.15) is 41.3 Å². The minimum atomic E-state index is -0.859. The van der Waals surface area contributed by atoms with Gasteiger partial charge in [0.15, 0.2) is 0 Å². The van der Waals surface area contributed by atoms with Crippen molar-refractivity contribution in [1.82, 2.24) is 5.32 Å². The van der Waals surface area contributed by atoms with E-state index in [-0.39, 0.29) is 5.56 Å². The third-order valence-electron chi connectivity index (χ3n) is 3.28. The highest BCUT2D eigenvalue weighted by atomic mass is 19.1. The maximum atomic E-state index is 13.5. The van der Waals surface area contributed by atoms with Crippen LogP contribution in [0.4, 0.5) is 8.78 Å². The summed E-state index contributed by atoms with van der Waals surface area (Å²) < 4.78 is 26.3. The summed E-state index contributed by atoms with van der Waals surface area (Å²) in [7, 11) is 0. The maximum absolute atomic E-state index is 13.5. The van der Waals surface area contributed by atoms with Crippen LogP contribution in [0.25, 0.3) is 0 Å². The van der Waals surface area contributed by atoms with E-state index >= 15 is 0 Å². The second kappa shape index (κ2) is 6.48. The van der Waals surface area contributed by atoms with Gasteiger partial charge in [0.2, 0.25) is 0 Å². The molecular weight excluding hydrogens is 272 g/mol. The van der Waals surface area contributed by atoms with Crippen molar-refractivity contribution in [2.24, 2.45) is 0 Å². The second-order valence-electron chi connectivity index (χ2n) is 5.20. The molecule has 0 fully saturated rings. The molecule has 0 saturated carbocycles. The summed E-state index contributed by atoms with van der Waals surface area (Å²) >= 11 is 0. The maximum Gasteiger partial charge on any atom is 0.254 e. The van der Waals surface area contributed by atoms with E-state index < -0.39 is 17.5 Å². The summed E-state index contributed by atoms with van der Waals surface area (Å²) in [6.07, 6.45) is 0. The molecule has 1 amide bonds. The molecule has 0 unspecified atom stereocenters. The van der Waals surface area contributed by atoms with E-state index in [1.165, 1.54) is 5.56 Å². The Morgan fingerprint density at radius 2 is 1.76 bits per heavy atom. The lowest BCUT2D eigenvalue weighted by Crippen LogP contribution is -2.23. The van der Waals surface area contributed by atoms with E-state index in [1.54, 1.807) is 0 Å². The van der Waals surface area contributed by atoms with E-state index in [1.807, 2.05) is 24.3 Å². The average Bonchev–Trinajstić information content (AvgIpc) is 2.45. The van der Waals surface area contributed by atoms with Gasteiger partial charge in [-0.25, -0.2) is 8.78 Å². The highest BCUT2D eigenvalue weighted by Gasteiger charge is 2.12. The number of carbonyl (C=O) groups excluding carboxylic acids is 1. The van der Waals surface area contributed by atoms with E-state index in [0.29, 0.717) is 18.5 Å². The molecule has 21 heavy (non-hydrogen) atoms. The molecule has 0 atom stereocenters. The van der Waals surface area contributed by atoms with Gasteiger partial charge in [0.05, 0.1) is 5.56 Å². The van der Waals surface area contributed by atoms with Gasteiger partial charge in [-0.15, -0.1) is 0 Å². The molecule has 0 radical (unpaired) electrons. The molecule has 0 aliphatic heterocycles. The molecule has 2 aromatic carbocycles. The molecule has 110 valence electrons. The highest BCUT2D eigenvalue weighted by molar-refractivity contribution is 5.94. The van der Waals surface area contributed by atoms with Gasteiger partial charge < -0.3 is 5.32 Å². The van der Waals surface area contributed by atoms with Crippen LogP contribution in [-0.2, 0) is 6.54 Å². The van der Waals surface area contributed by atoms with Crippen molar-refractivity contribution in [3.8, 4) is 0 Å². The van der Waals surface area contributed by atoms with Crippen LogP contribution in [0, 0.1) is 11.6 Å². The Bertz CT molecular complexity index is 636. The van der Waals surface area contributed by atoms with Gasteiger partial charge in [0.1, 0.15) is 11.6 Å². The van der Waals surface area contributed by atoms with Crippen LogP contribution in [0.5, 0.6) is 0 Å². The monoisotopic (exact) mass is 289 g/mol. The SMILES string of the molecule is CC(C)c1ccc(CNC(=O)c2ccc(F)cc2F)cc1. The lowest BCUT2D eigenvalue weighted by atomic mass is 10.0. The van der Waals surface area contributed by atoms with Gasteiger partial charge >= 0.3 is 0 Å². The molecule has 2 aromatic rings. The van der Waals surface area contributed by atoms with Gasteiger partial charge in [-0.05, 0) is 29.2 Å². The second-order valence-corrected chi connectivity index (χ2v) is 5.20. The Morgan fingerprint density at radius 1 is 1.10 bits per heavy atom. The topological polar surface area (TPSA) is 29.1 Å². The molecule has 0 heterocycles. The fraction of sp³-hybridized carbons (Fsp3) is 0.235. The van der Waals surface area contributed by atoms with Crippen molar-refractivity contribution < 1.29 is 13.6 Å². The summed E-state index contributed by atoms with van der Waals surface area (Å²) in [5, 5.41) is 2.62. The normalized spacial score (nSPS) is 10.7. The minimum Gasteiger partial charge on any atom is -0.348 e. The van der Waals surface area contributed by atoms with Gasteiger partial charge in [-0.1, -0.05) is 38.1 Å². The lowest BCUT2D eigenvalue weighted by Gasteiger charge is -2.09. The van der Waals surface area contributed by atoms with Crippen molar-refractivity contribution in [3.05, 3.63) is 70.8 Å². The molecule has 2 nitrogen and oxygen atoms in total. The third-order valence-corrected chi connectivity index (χ3v) is 3.28. The first-order chi connectivity index (χ1) is 9.97. The number of benzene rings is 2. The van der Waals surface area contributed by atoms with Crippen LogP contribution in [0.3, 0.4) is 0 Å². The van der Waals surface area contributed by atoms with Crippen molar-refractivity contribution >= 4 is 5.91 Å². The number of nitrogens with one attached hydrogen (secondary N) is 1. The van der Waals surface area contributed by atoms with Crippen molar-refractivity contribution in [1.29, 1.82) is 0 Å². The van der Waals surface area contributed by atoms with Gasteiger partial charge in [-0.3, -0.25) is 4.79 Å². The number of amides is 1. The molecule has 0 saturated heterocycles. The molecule has 4 heteroatoms. The zero-order chi connectivity index (χ0) is 15.4. The molecule has 0 aliphatic carbocycles. The number of halogens is 2. The van der Waals surface area contributed by atoms with Crippen LogP contribution >= 0.6 is 0 Å². The number of rotatable bonds is 4. The standard InChI is InChI=1S/C17H17F2NO/c1-11(2)13-5-3-12(4-6-13)10-20-17(21)15-8-7-14(18)9-16(15)19/h3-9,11H,10H2,1-2H3,(H,20,21). The number of carbonyl (C=O) groups is 1. The lowest BCUT2D eigenvalue weighted by molar-refractivity contribution is 0.0947. The number of hydrogen-bond donors (Lipinski definition) is 1. The largest absolute Gasteiger partial charge is 0.348 e.